The Morgan fingerprint density at radius 2 is 0.476 bits per heavy atom. The summed E-state index contributed by atoms with van der Waals surface area (Å²) in [4.78, 5) is 39.8. The van der Waals surface area contributed by atoms with Crippen LogP contribution in [0.4, 0.5) is 0 Å². The number of carbonyl (C=O) groups excluding carboxylic acids is 2. The monoisotopic (exact) mass is 1790 g/mol. The average molecular weight is 1800 g/mol. The molecule has 8 heterocycles. The van der Waals surface area contributed by atoms with E-state index in [1.807, 2.05) is 45.3 Å². The Morgan fingerprint density at radius 1 is 0.238 bits per heavy atom. The van der Waals surface area contributed by atoms with Gasteiger partial charge in [-0.1, -0.05) is 258 Å². The topological polar surface area (TPSA) is 62.5 Å². The third-order valence-electron chi connectivity index (χ3n) is 25.6. The summed E-state index contributed by atoms with van der Waals surface area (Å²) in [6.45, 7) is 26.2. The van der Waals surface area contributed by atoms with E-state index in [2.05, 4.69) is 236 Å². The highest BCUT2D eigenvalue weighted by atomic mass is 32.1. The lowest BCUT2D eigenvalue weighted by Gasteiger charge is -2.08. The molecule has 0 aliphatic heterocycles. The number of benzene rings is 6. The molecule has 14 rings (SSSR count). The first kappa shape index (κ1) is 95.6. The van der Waals surface area contributed by atoms with E-state index in [9.17, 15) is 9.59 Å². The van der Waals surface area contributed by atoms with Crippen molar-refractivity contribution < 1.29 is 19.1 Å². The van der Waals surface area contributed by atoms with Gasteiger partial charge >= 0.3 is 0 Å². The lowest BCUT2D eigenvalue weighted by atomic mass is 10.00. The maximum atomic E-state index is 12.1. The molecule has 0 bridgehead atoms. The van der Waals surface area contributed by atoms with Gasteiger partial charge in [-0.3, -0.25) is 9.59 Å². The number of aryl methyl sites for hydroxylation is 8. The first-order valence-electron chi connectivity index (χ1n) is 49.3. The minimum Gasteiger partial charge on any atom is -0.494 e. The van der Waals surface area contributed by atoms with E-state index in [1.54, 1.807) is 22.7 Å². The summed E-state index contributed by atoms with van der Waals surface area (Å²) in [5, 5.41) is 5.29. The van der Waals surface area contributed by atoms with E-state index in [0.29, 0.717) is 0 Å². The summed E-state index contributed by atoms with van der Waals surface area (Å²) < 4.78 is 17.1. The van der Waals surface area contributed by atoms with Crippen molar-refractivity contribution in [2.45, 2.75) is 326 Å². The molecule has 0 unspecified atom stereocenters. The Kier molecular flexibility index (Phi) is 37.7. The molecule has 0 fully saturated rings. The van der Waals surface area contributed by atoms with Crippen LogP contribution < -0.4 is 9.47 Å². The SMILES string of the molecule is CCCCCCOc1ccc(-c2ccc3c(c2)c2cc(-c4sc(-c5sc(-c6sc(C=O)cc6CCCCCC)cc5CCCCCC)cc4CCCCCC)ccc2n3CC)cc1.CCCCCCOc1ccc(-c2ccc3c(c2)c2cc(-c4sc(-c5sc(-c6sc(C=O)cc6CCCCCC)cc5CCCCCC)cc4CCCCCC)ccc2n3CC)cc1. The number of aldehydes is 2. The summed E-state index contributed by atoms with van der Waals surface area (Å²) in [5.41, 5.74) is 21.4. The molecule has 0 saturated heterocycles. The van der Waals surface area contributed by atoms with Crippen molar-refractivity contribution in [3.8, 4) is 93.7 Å². The molecule has 0 saturated carbocycles. The Bertz CT molecular complexity index is 5370. The zero-order valence-electron chi connectivity index (χ0n) is 77.8. The van der Waals surface area contributed by atoms with Crippen molar-refractivity contribution >= 4 is 124 Å². The number of thiophene rings is 6. The quantitative estimate of drug-likeness (QED) is 0.0282. The lowest BCUT2D eigenvalue weighted by Crippen LogP contribution is -1.97. The van der Waals surface area contributed by atoms with Gasteiger partial charge < -0.3 is 18.6 Å². The molecule has 14 aromatic rings. The number of unbranched alkanes of at least 4 members (excludes halogenated alkanes) is 24. The number of ether oxygens (including phenoxy) is 2. The van der Waals surface area contributed by atoms with Crippen LogP contribution in [0.3, 0.4) is 0 Å². The number of rotatable bonds is 54. The molecular formula is C114H142N2O4S6. The van der Waals surface area contributed by atoms with Gasteiger partial charge in [-0.25, -0.2) is 0 Å². The Hall–Kier alpha value is -7.94. The van der Waals surface area contributed by atoms with Gasteiger partial charge in [-0.15, -0.1) is 68.0 Å². The van der Waals surface area contributed by atoms with Crippen LogP contribution in [0.1, 0.15) is 327 Å². The highest BCUT2D eigenvalue weighted by Gasteiger charge is 2.26. The van der Waals surface area contributed by atoms with E-state index in [4.69, 9.17) is 9.47 Å². The predicted molar refractivity (Wildman–Crippen MR) is 558 cm³/mol. The summed E-state index contributed by atoms with van der Waals surface area (Å²) >= 11 is 11.3. The highest BCUT2D eigenvalue weighted by Crippen LogP contribution is 2.52. The van der Waals surface area contributed by atoms with Crippen molar-refractivity contribution in [1.29, 1.82) is 0 Å². The van der Waals surface area contributed by atoms with E-state index >= 15 is 0 Å². The van der Waals surface area contributed by atoms with Gasteiger partial charge in [-0.2, -0.15) is 0 Å². The van der Waals surface area contributed by atoms with Gasteiger partial charge in [0.05, 0.1) is 23.0 Å². The number of hydrogen-bond donors (Lipinski definition) is 0. The maximum Gasteiger partial charge on any atom is 0.160 e. The summed E-state index contributed by atoms with van der Waals surface area (Å²) in [6.07, 6.45) is 48.2. The summed E-state index contributed by atoms with van der Waals surface area (Å²) in [7, 11) is 0. The zero-order valence-corrected chi connectivity index (χ0v) is 82.7. The molecule has 668 valence electrons. The molecule has 12 heteroatoms. The second-order valence-electron chi connectivity index (χ2n) is 35.2. The fraction of sp³-hybridized carbons (Fsp3) is 0.456. The van der Waals surface area contributed by atoms with Gasteiger partial charge in [0.2, 0.25) is 0 Å². The molecule has 6 nitrogen and oxygen atoms in total. The minimum absolute atomic E-state index is 0.781. The van der Waals surface area contributed by atoms with Gasteiger partial charge in [0.25, 0.3) is 0 Å². The molecule has 0 aliphatic rings. The average Bonchev–Trinajstić information content (AvgIpc) is 1.59. The van der Waals surface area contributed by atoms with Gasteiger partial charge in [0, 0.05) is 105 Å². The van der Waals surface area contributed by atoms with E-state index in [-0.39, 0.29) is 0 Å². The van der Waals surface area contributed by atoms with Crippen LogP contribution in [0.2, 0.25) is 0 Å². The van der Waals surface area contributed by atoms with E-state index < -0.39 is 0 Å². The second-order valence-corrected chi connectivity index (χ2v) is 41.6. The molecule has 6 aromatic carbocycles. The lowest BCUT2D eigenvalue weighted by molar-refractivity contribution is 0.111. The minimum atomic E-state index is 0.781. The molecule has 8 aromatic heterocycles. The van der Waals surface area contributed by atoms with Crippen molar-refractivity contribution in [1.82, 2.24) is 9.13 Å². The van der Waals surface area contributed by atoms with Crippen LogP contribution in [0, 0.1) is 0 Å². The van der Waals surface area contributed by atoms with E-state index in [0.717, 1.165) is 111 Å². The Balaban J connectivity index is 0.000000216. The van der Waals surface area contributed by atoms with Gasteiger partial charge in [0.15, 0.2) is 12.6 Å². The highest BCUT2D eigenvalue weighted by molar-refractivity contribution is 7.28. The normalized spacial score (nSPS) is 11.7. The molecule has 0 aliphatic carbocycles. The van der Waals surface area contributed by atoms with Crippen LogP contribution in [0.5, 0.6) is 11.5 Å². The molecule has 0 spiro atoms. The van der Waals surface area contributed by atoms with Gasteiger partial charge in [-0.05, 0) is 280 Å². The van der Waals surface area contributed by atoms with Crippen LogP contribution in [0.25, 0.3) is 126 Å². The fourth-order valence-electron chi connectivity index (χ4n) is 18.5. The zero-order chi connectivity index (χ0) is 87.9. The molecule has 0 amide bonds. The summed E-state index contributed by atoms with van der Waals surface area (Å²) in [6, 6.07) is 60.5. The smallest absolute Gasteiger partial charge is 0.160 e. The van der Waals surface area contributed by atoms with Crippen molar-refractivity contribution in [2.24, 2.45) is 0 Å². The molecule has 0 radical (unpaired) electrons. The maximum absolute atomic E-state index is 12.1. The number of aromatic nitrogens is 2. The van der Waals surface area contributed by atoms with Crippen LogP contribution in [0.15, 0.2) is 158 Å². The molecule has 0 atom stereocenters. The second kappa shape index (κ2) is 49.7. The third-order valence-corrected chi connectivity index (χ3v) is 33.3. The van der Waals surface area contributed by atoms with Crippen molar-refractivity contribution in [2.75, 3.05) is 13.2 Å². The molecule has 0 N–H and O–H groups in total. The molecular weight excluding hydrogens is 1650 g/mol. The first-order chi connectivity index (χ1) is 62.0. The Labute approximate surface area is 780 Å². The van der Waals surface area contributed by atoms with Crippen LogP contribution in [-0.4, -0.2) is 34.9 Å². The standard InChI is InChI=1S/2C57H71NO2S3/c2*1-6-11-15-19-23-43-35-48(40-59)61-56(43)53-39-45(25-21-17-13-8-3)57(63-53)54-38-44(24-20-16-12-7-2)55(62-54)46-29-33-52-50(37-46)49-36-42(28-32-51(49)58(52)10-5)41-26-30-47(31-27-41)60-34-22-18-14-9-4/h2*26-33,35-40H,6-25,34H2,1-5H3. The number of fused-ring (bicyclic) bond motifs is 6. The van der Waals surface area contributed by atoms with Crippen molar-refractivity contribution in [3.63, 3.8) is 0 Å². The largest absolute Gasteiger partial charge is 0.494 e. The number of hydrogen-bond acceptors (Lipinski definition) is 10. The van der Waals surface area contributed by atoms with Crippen molar-refractivity contribution in [3.05, 3.63) is 201 Å². The summed E-state index contributed by atoms with van der Waals surface area (Å²) in [5.74, 6) is 1.90. The van der Waals surface area contributed by atoms with Crippen LogP contribution in [-0.2, 0) is 51.6 Å². The predicted octanol–water partition coefficient (Wildman–Crippen LogP) is 37.6. The number of carbonyl (C=O) groups is 2. The molecule has 126 heavy (non-hydrogen) atoms. The fourth-order valence-corrected chi connectivity index (χ4v) is 26.0. The Morgan fingerprint density at radius 3 is 0.754 bits per heavy atom. The van der Waals surface area contributed by atoms with E-state index in [1.165, 1.54) is 352 Å². The number of nitrogens with zero attached hydrogens (tertiary/aromatic N) is 2. The first-order valence-corrected chi connectivity index (χ1v) is 54.2. The third kappa shape index (κ3) is 24.6. The van der Waals surface area contributed by atoms with Gasteiger partial charge in [0.1, 0.15) is 11.5 Å². The van der Waals surface area contributed by atoms with Crippen LogP contribution >= 0.6 is 68.0 Å².